The van der Waals surface area contributed by atoms with E-state index in [0.29, 0.717) is 0 Å². The SMILES string of the molecule is CCC.c1nn[nH]n1. The highest BCUT2D eigenvalue weighted by Gasteiger charge is 1.58. The molecule has 0 aliphatic heterocycles. The summed E-state index contributed by atoms with van der Waals surface area (Å²) in [6.07, 6.45) is 2.58. The third kappa shape index (κ3) is 5.07. The van der Waals surface area contributed by atoms with Crippen molar-refractivity contribution >= 4 is 0 Å². The Morgan fingerprint density at radius 2 is 2.12 bits per heavy atom. The van der Waals surface area contributed by atoms with Crippen molar-refractivity contribution in [2.45, 2.75) is 20.3 Å². The monoisotopic (exact) mass is 114 g/mol. The van der Waals surface area contributed by atoms with Gasteiger partial charge in [0.15, 0.2) is 6.33 Å². The Morgan fingerprint density at radius 1 is 1.50 bits per heavy atom. The van der Waals surface area contributed by atoms with Gasteiger partial charge in [-0.2, -0.15) is 5.21 Å². The normalized spacial score (nSPS) is 7.25. The maximum Gasteiger partial charge on any atom is 0.161 e. The number of rotatable bonds is 0. The molecule has 46 valence electrons. The van der Waals surface area contributed by atoms with Gasteiger partial charge < -0.3 is 0 Å². The molecule has 1 rings (SSSR count). The van der Waals surface area contributed by atoms with Crippen LogP contribution in [0.3, 0.4) is 0 Å². The quantitative estimate of drug-likeness (QED) is 0.537. The van der Waals surface area contributed by atoms with Crippen molar-refractivity contribution in [2.75, 3.05) is 0 Å². The average molecular weight is 114 g/mol. The van der Waals surface area contributed by atoms with Crippen molar-refractivity contribution < 1.29 is 0 Å². The summed E-state index contributed by atoms with van der Waals surface area (Å²) in [7, 11) is 0. The van der Waals surface area contributed by atoms with E-state index < -0.39 is 0 Å². The van der Waals surface area contributed by atoms with Crippen molar-refractivity contribution in [3.8, 4) is 0 Å². The summed E-state index contributed by atoms with van der Waals surface area (Å²) in [5.74, 6) is 0. The number of hydrogen-bond donors (Lipinski definition) is 1. The minimum absolute atomic E-state index is 1.25. The average Bonchev–Trinajstić information content (AvgIpc) is 2.17. The van der Waals surface area contributed by atoms with E-state index in [1.54, 1.807) is 0 Å². The molecule has 0 saturated carbocycles. The van der Waals surface area contributed by atoms with Crippen LogP contribution in [0.2, 0.25) is 0 Å². The van der Waals surface area contributed by atoms with Gasteiger partial charge in [0.25, 0.3) is 0 Å². The minimum atomic E-state index is 1.25. The smallest absolute Gasteiger partial charge is 0.161 e. The van der Waals surface area contributed by atoms with Gasteiger partial charge in [-0.3, -0.25) is 0 Å². The molecule has 1 aromatic heterocycles. The second kappa shape index (κ2) is 6.07. The predicted molar refractivity (Wildman–Crippen MR) is 30.1 cm³/mol. The van der Waals surface area contributed by atoms with Gasteiger partial charge in [0.1, 0.15) is 0 Å². The van der Waals surface area contributed by atoms with E-state index in [1.165, 1.54) is 12.7 Å². The first-order valence-electron chi connectivity index (χ1n) is 2.58. The fraction of sp³-hybridized carbons (Fsp3) is 0.750. The van der Waals surface area contributed by atoms with Crippen LogP contribution >= 0.6 is 0 Å². The van der Waals surface area contributed by atoms with E-state index in [9.17, 15) is 0 Å². The van der Waals surface area contributed by atoms with Gasteiger partial charge in [0.05, 0.1) is 0 Å². The lowest BCUT2D eigenvalue weighted by molar-refractivity contribution is 0.881. The Morgan fingerprint density at radius 3 is 2.25 bits per heavy atom. The second-order valence-corrected chi connectivity index (χ2v) is 1.27. The number of aromatic nitrogens is 4. The summed E-state index contributed by atoms with van der Waals surface area (Å²) in [6, 6.07) is 0. The summed E-state index contributed by atoms with van der Waals surface area (Å²) in [6.45, 7) is 4.25. The maximum atomic E-state index is 3.38. The summed E-state index contributed by atoms with van der Waals surface area (Å²) >= 11 is 0. The zero-order valence-corrected chi connectivity index (χ0v) is 5.13. The van der Waals surface area contributed by atoms with E-state index in [2.05, 4.69) is 34.5 Å². The number of tetrazole rings is 1. The molecule has 0 saturated heterocycles. The van der Waals surface area contributed by atoms with Crippen molar-refractivity contribution in [3.63, 3.8) is 0 Å². The minimum Gasteiger partial charge on any atom is -0.177 e. The van der Waals surface area contributed by atoms with Gasteiger partial charge in [-0.15, -0.1) is 10.2 Å². The molecule has 1 N–H and O–H groups in total. The predicted octanol–water partition coefficient (Wildman–Crippen LogP) is 0.616. The van der Waals surface area contributed by atoms with E-state index in [4.69, 9.17) is 0 Å². The summed E-state index contributed by atoms with van der Waals surface area (Å²) in [5.41, 5.74) is 0. The molecule has 1 aromatic rings. The molecule has 0 atom stereocenters. The fourth-order valence-corrected chi connectivity index (χ4v) is 0.129. The molecule has 0 aliphatic carbocycles. The molecule has 1 heterocycles. The molecule has 0 aliphatic rings. The third-order valence-corrected chi connectivity index (χ3v) is 0.270. The first kappa shape index (κ1) is 7.07. The molecular weight excluding hydrogens is 104 g/mol. The van der Waals surface area contributed by atoms with Gasteiger partial charge >= 0.3 is 0 Å². The Hall–Kier alpha value is -0.930. The lowest BCUT2D eigenvalue weighted by Gasteiger charge is -1.48. The first-order valence-corrected chi connectivity index (χ1v) is 2.58. The Kier molecular flexibility index (Phi) is 5.36. The molecule has 0 radical (unpaired) electrons. The number of hydrogen-bond acceptors (Lipinski definition) is 3. The van der Waals surface area contributed by atoms with Crippen molar-refractivity contribution in [2.24, 2.45) is 0 Å². The third-order valence-electron chi connectivity index (χ3n) is 0.270. The molecular formula is C4H10N4. The highest BCUT2D eigenvalue weighted by molar-refractivity contribution is 4.24. The number of nitrogens with zero attached hydrogens (tertiary/aromatic N) is 3. The summed E-state index contributed by atoms with van der Waals surface area (Å²) in [4.78, 5) is 0. The molecule has 0 unspecified atom stereocenters. The number of nitrogens with one attached hydrogen (secondary N) is 1. The van der Waals surface area contributed by atoms with Gasteiger partial charge in [-0.1, -0.05) is 25.5 Å². The van der Waals surface area contributed by atoms with Gasteiger partial charge in [-0.25, -0.2) is 0 Å². The van der Waals surface area contributed by atoms with E-state index in [-0.39, 0.29) is 0 Å². The zero-order valence-electron chi connectivity index (χ0n) is 5.13. The number of H-pyrrole nitrogens is 1. The Bertz CT molecular complexity index is 74.9. The lowest BCUT2D eigenvalue weighted by Crippen LogP contribution is -1.64. The molecule has 0 fully saturated rings. The van der Waals surface area contributed by atoms with E-state index >= 15 is 0 Å². The largest absolute Gasteiger partial charge is 0.177 e. The standard InChI is InChI=1S/C3H8.CH2N4/c1-3-2;1-2-4-5-3-1/h3H2,1-2H3;1H,(H,2,3,4,5). The molecule has 0 bridgehead atoms. The molecule has 0 aromatic carbocycles. The Balaban J connectivity index is 0.000000145. The van der Waals surface area contributed by atoms with Gasteiger partial charge in [-0.05, 0) is 0 Å². The van der Waals surface area contributed by atoms with Crippen LogP contribution in [0.5, 0.6) is 0 Å². The van der Waals surface area contributed by atoms with Crippen LogP contribution < -0.4 is 0 Å². The van der Waals surface area contributed by atoms with Crippen LogP contribution in [0, 0.1) is 0 Å². The fourth-order valence-electron chi connectivity index (χ4n) is 0.129. The lowest BCUT2D eigenvalue weighted by atomic mass is 10.6. The topological polar surface area (TPSA) is 54.5 Å². The van der Waals surface area contributed by atoms with Crippen LogP contribution in [-0.2, 0) is 0 Å². The maximum absolute atomic E-state index is 3.38. The van der Waals surface area contributed by atoms with E-state index in [0.717, 1.165) is 0 Å². The van der Waals surface area contributed by atoms with Gasteiger partial charge in [0.2, 0.25) is 0 Å². The Labute approximate surface area is 48.3 Å². The molecule has 4 nitrogen and oxygen atoms in total. The summed E-state index contributed by atoms with van der Waals surface area (Å²) in [5, 5.41) is 12.2. The molecule has 8 heavy (non-hydrogen) atoms. The van der Waals surface area contributed by atoms with Gasteiger partial charge in [0, 0.05) is 0 Å². The van der Waals surface area contributed by atoms with Crippen LogP contribution in [0.4, 0.5) is 0 Å². The van der Waals surface area contributed by atoms with Crippen LogP contribution in [0.1, 0.15) is 20.3 Å². The van der Waals surface area contributed by atoms with Crippen LogP contribution in [-0.4, -0.2) is 20.6 Å². The highest BCUT2D eigenvalue weighted by Crippen LogP contribution is 1.56. The van der Waals surface area contributed by atoms with Crippen molar-refractivity contribution in [3.05, 3.63) is 6.33 Å². The highest BCUT2D eigenvalue weighted by atomic mass is 15.5. The molecule has 0 spiro atoms. The second-order valence-electron chi connectivity index (χ2n) is 1.27. The number of aromatic amines is 1. The molecule has 4 heteroatoms. The van der Waals surface area contributed by atoms with E-state index in [1.807, 2.05) is 0 Å². The first-order chi connectivity index (χ1) is 3.91. The van der Waals surface area contributed by atoms with Crippen molar-refractivity contribution in [1.82, 2.24) is 20.6 Å². The summed E-state index contributed by atoms with van der Waals surface area (Å²) < 4.78 is 0. The van der Waals surface area contributed by atoms with Crippen LogP contribution in [0.15, 0.2) is 6.33 Å². The van der Waals surface area contributed by atoms with Crippen molar-refractivity contribution in [1.29, 1.82) is 0 Å². The zero-order chi connectivity index (χ0) is 6.24. The molecule has 0 amide bonds. The van der Waals surface area contributed by atoms with Crippen LogP contribution in [0.25, 0.3) is 0 Å².